The number of anilines is 1. The lowest BCUT2D eigenvalue weighted by Crippen LogP contribution is -2.31. The topological polar surface area (TPSA) is 277 Å². The van der Waals surface area contributed by atoms with Crippen LogP contribution in [0.25, 0.3) is 11.2 Å². The first-order valence-corrected chi connectivity index (χ1v) is 13.2. The lowest BCUT2D eigenvalue weighted by molar-refractivity contribution is -0.107. The Labute approximate surface area is 181 Å². The van der Waals surface area contributed by atoms with Gasteiger partial charge in [0.05, 0.1) is 12.9 Å². The van der Waals surface area contributed by atoms with Gasteiger partial charge in [0.1, 0.15) is 25.1 Å². The molecule has 2 aliphatic rings. The average Bonchev–Trinajstić information content (AvgIpc) is 3.31. The van der Waals surface area contributed by atoms with Crippen molar-refractivity contribution in [3.63, 3.8) is 0 Å². The van der Waals surface area contributed by atoms with E-state index >= 15 is 0 Å². The van der Waals surface area contributed by atoms with Crippen molar-refractivity contribution in [1.82, 2.24) is 19.5 Å². The van der Waals surface area contributed by atoms with E-state index in [2.05, 4.69) is 28.1 Å². The van der Waals surface area contributed by atoms with Gasteiger partial charge in [-0.1, -0.05) is 0 Å². The molecule has 0 radical (unpaired) electrons. The first-order valence-electron chi connectivity index (χ1n) is 8.64. The third-order valence-corrected chi connectivity index (χ3v) is 8.15. The molecule has 0 spiro atoms. The summed E-state index contributed by atoms with van der Waals surface area (Å²) in [7, 11) is -16.6. The van der Waals surface area contributed by atoms with E-state index in [0.717, 1.165) is 0 Å². The van der Waals surface area contributed by atoms with Crippen molar-refractivity contribution in [3.8, 4) is 0 Å². The number of aromatic nitrogens is 4. The Morgan fingerprint density at radius 1 is 1.15 bits per heavy atom. The van der Waals surface area contributed by atoms with Gasteiger partial charge in [-0.15, -0.1) is 0 Å². The van der Waals surface area contributed by atoms with E-state index in [1.54, 1.807) is 0 Å². The van der Waals surface area contributed by atoms with Crippen molar-refractivity contribution in [2.24, 2.45) is 0 Å². The average molecular weight is 535 g/mol. The molecule has 0 aromatic carbocycles. The van der Waals surface area contributed by atoms with Gasteiger partial charge in [-0.05, 0) is 0 Å². The zero-order valence-corrected chi connectivity index (χ0v) is 18.6. The highest BCUT2D eigenvalue weighted by molar-refractivity contribution is 7.66. The zero-order valence-electron chi connectivity index (χ0n) is 15.9. The number of nitrogens with two attached hydrogens (primary N) is 1. The second kappa shape index (κ2) is 8.58. The third-order valence-electron chi connectivity index (χ3n) is 4.35. The smallest absolute Gasteiger partial charge is 0.369 e. The zero-order chi connectivity index (χ0) is 24.2. The molecule has 0 aliphatic carbocycles. The molecule has 2 aromatic rings. The van der Waals surface area contributed by atoms with E-state index in [-0.39, 0.29) is 23.9 Å². The number of nitrogens with zero attached hydrogens (tertiary/aromatic N) is 3. The number of hydrogen-bond donors (Lipinski definition) is 6. The fraction of sp³-hybridized carbons (Fsp3) is 0.545. The van der Waals surface area contributed by atoms with Gasteiger partial charge in [-0.2, -0.15) is 13.6 Å². The highest BCUT2D eigenvalue weighted by Crippen LogP contribution is 2.66. The number of imidazole rings is 1. The summed E-state index contributed by atoms with van der Waals surface area (Å²) in [5.74, 6) is -0.184. The molecule has 0 bridgehead atoms. The minimum atomic E-state index is -5.67. The van der Waals surface area contributed by atoms with E-state index in [0.29, 0.717) is 0 Å². The maximum atomic E-state index is 12.0. The lowest BCUT2D eigenvalue weighted by Gasteiger charge is -2.20. The van der Waals surface area contributed by atoms with Crippen molar-refractivity contribution in [3.05, 3.63) is 16.7 Å². The second-order valence-corrected chi connectivity index (χ2v) is 11.0. The van der Waals surface area contributed by atoms with Crippen LogP contribution in [-0.2, 0) is 41.1 Å². The number of fused-ring (bicyclic) bond motifs is 2. The normalized spacial score (nSPS) is 29.1. The van der Waals surface area contributed by atoms with Crippen LogP contribution in [0.1, 0.15) is 6.23 Å². The number of aromatic amines is 1. The van der Waals surface area contributed by atoms with E-state index in [4.69, 9.17) is 29.7 Å². The van der Waals surface area contributed by atoms with Gasteiger partial charge in [0.25, 0.3) is 5.56 Å². The van der Waals surface area contributed by atoms with Gasteiger partial charge in [-0.3, -0.25) is 18.9 Å². The van der Waals surface area contributed by atoms with Gasteiger partial charge in [0.15, 0.2) is 17.4 Å². The van der Waals surface area contributed by atoms with Gasteiger partial charge < -0.3 is 39.5 Å². The van der Waals surface area contributed by atoms with Crippen LogP contribution in [-0.4, -0.2) is 70.8 Å². The molecule has 4 unspecified atom stereocenters. The summed E-state index contributed by atoms with van der Waals surface area (Å²) in [5, 5.41) is 0. The van der Waals surface area contributed by atoms with Crippen LogP contribution in [0, 0.1) is 0 Å². The number of phosphoric ester groups is 1. The monoisotopic (exact) mass is 535 g/mol. The van der Waals surface area contributed by atoms with E-state index < -0.39 is 60.2 Å². The van der Waals surface area contributed by atoms with Crippen molar-refractivity contribution >= 4 is 40.6 Å². The van der Waals surface area contributed by atoms with Gasteiger partial charge >= 0.3 is 23.5 Å². The van der Waals surface area contributed by atoms with Crippen LogP contribution in [0.15, 0.2) is 11.1 Å². The number of ether oxygens (including phenoxy) is 3. The maximum Gasteiger partial charge on any atom is 0.490 e. The number of rotatable bonds is 8. The molecule has 33 heavy (non-hydrogen) atoms. The summed E-state index contributed by atoms with van der Waals surface area (Å²) in [4.78, 5) is 58.2. The quantitative estimate of drug-likeness (QED) is 0.214. The summed E-state index contributed by atoms with van der Waals surface area (Å²) in [6.07, 6.45) is -2.53. The number of hydrogen-bond acceptors (Lipinski definition) is 13. The van der Waals surface area contributed by atoms with E-state index in [1.807, 2.05) is 0 Å². The van der Waals surface area contributed by atoms with E-state index in [9.17, 15) is 28.3 Å². The molecule has 2 saturated heterocycles. The van der Waals surface area contributed by atoms with Crippen molar-refractivity contribution in [2.45, 2.75) is 24.5 Å². The summed E-state index contributed by atoms with van der Waals surface area (Å²) >= 11 is 0. The predicted molar refractivity (Wildman–Crippen MR) is 101 cm³/mol. The molecule has 2 fully saturated rings. The summed E-state index contributed by atoms with van der Waals surface area (Å²) < 4.78 is 63.9. The van der Waals surface area contributed by atoms with Crippen LogP contribution in [0.4, 0.5) is 5.95 Å². The molecule has 6 atom stereocenters. The molecular formula is C11H16N5O14P3. The lowest BCUT2D eigenvalue weighted by atomic mass is 10.1. The molecule has 184 valence electrons. The van der Waals surface area contributed by atoms with Crippen LogP contribution in [0.2, 0.25) is 0 Å². The minimum Gasteiger partial charge on any atom is -0.369 e. The van der Waals surface area contributed by atoms with Gasteiger partial charge in [0.2, 0.25) is 5.95 Å². The first kappa shape index (κ1) is 24.6. The van der Waals surface area contributed by atoms with Crippen LogP contribution < -0.4 is 11.3 Å². The molecule has 2 aromatic heterocycles. The first-order chi connectivity index (χ1) is 15.2. The Balaban J connectivity index is 1.50. The van der Waals surface area contributed by atoms with Crippen molar-refractivity contribution in [2.75, 3.05) is 19.1 Å². The van der Waals surface area contributed by atoms with E-state index in [1.165, 1.54) is 10.9 Å². The van der Waals surface area contributed by atoms with Crippen molar-refractivity contribution in [1.29, 1.82) is 0 Å². The van der Waals surface area contributed by atoms with Gasteiger partial charge in [0, 0.05) is 0 Å². The number of H-pyrrole nitrogens is 1. The molecule has 0 amide bonds. The standard InChI is InChI=1S/C11H16N5O14P3/c12-11-14-8-5(9(17)15-11)13-2-16(8)10-7-6(25-3-26-7)4(28-10)1-27-32(21,22)30-33(23,24)29-31(18,19)20/h2,4,6-7,10H,1,3H2,(H,21,22)(H,23,24)(H2,18,19,20)(H3,12,14,15,17)/t4-,6?,7?,10-/m1/s1. The summed E-state index contributed by atoms with van der Waals surface area (Å²) in [5.41, 5.74) is 4.99. The Morgan fingerprint density at radius 3 is 2.55 bits per heavy atom. The second-order valence-electron chi connectivity index (χ2n) is 6.61. The Morgan fingerprint density at radius 2 is 1.85 bits per heavy atom. The highest BCUT2D eigenvalue weighted by Gasteiger charge is 2.52. The van der Waals surface area contributed by atoms with Crippen molar-refractivity contribution < 1.29 is 60.6 Å². The number of nitrogen functional groups attached to an aromatic ring is 1. The molecule has 22 heteroatoms. The third kappa shape index (κ3) is 5.41. The Kier molecular flexibility index (Phi) is 6.39. The maximum absolute atomic E-state index is 12.0. The van der Waals surface area contributed by atoms with Crippen LogP contribution >= 0.6 is 23.5 Å². The summed E-state index contributed by atoms with van der Waals surface area (Å²) in [6, 6.07) is 0. The SMILES string of the molecule is Nc1nc2c(ncn2[C@@H]2O[C@H](COP(=O)(O)OP(=O)(O)OP(=O)(O)O)C3OCOC32)c(=O)[nH]1. The highest BCUT2D eigenvalue weighted by atomic mass is 31.3. The number of nitrogens with one attached hydrogen (secondary N) is 1. The molecule has 4 rings (SSSR count). The fourth-order valence-electron chi connectivity index (χ4n) is 3.24. The molecular weight excluding hydrogens is 519 g/mol. The molecule has 19 nitrogen and oxygen atoms in total. The predicted octanol–water partition coefficient (Wildman–Crippen LogP) is -1.32. The fourth-order valence-corrected chi connectivity index (χ4v) is 6.27. The molecule has 0 saturated carbocycles. The number of phosphoric acid groups is 3. The van der Waals surface area contributed by atoms with Crippen LogP contribution in [0.5, 0.6) is 0 Å². The molecule has 7 N–H and O–H groups in total. The largest absolute Gasteiger partial charge is 0.490 e. The van der Waals surface area contributed by atoms with Crippen LogP contribution in [0.3, 0.4) is 0 Å². The summed E-state index contributed by atoms with van der Waals surface area (Å²) in [6.45, 7) is -0.933. The Bertz CT molecular complexity index is 1260. The Hall–Kier alpha value is -1.56. The molecule has 4 heterocycles. The molecule has 2 aliphatic heterocycles. The minimum absolute atomic E-state index is 0.0417. The van der Waals surface area contributed by atoms with Gasteiger partial charge in [-0.25, -0.2) is 18.7 Å².